The summed E-state index contributed by atoms with van der Waals surface area (Å²) in [5, 5.41) is 3.12. The first-order valence-electron chi connectivity index (χ1n) is 10.8. The third kappa shape index (κ3) is 3.12. The Balaban J connectivity index is 1.69. The molecule has 4 aromatic carbocycles. The van der Waals surface area contributed by atoms with Gasteiger partial charge in [-0.15, -0.1) is 0 Å². The summed E-state index contributed by atoms with van der Waals surface area (Å²) in [5.41, 5.74) is 8.30. The van der Waals surface area contributed by atoms with Crippen LogP contribution in [-0.2, 0) is 0 Å². The van der Waals surface area contributed by atoms with Crippen LogP contribution in [0.15, 0.2) is 109 Å². The number of aromatic nitrogens is 2. The Morgan fingerprint density at radius 1 is 0.625 bits per heavy atom. The van der Waals surface area contributed by atoms with Crippen molar-refractivity contribution in [3.8, 4) is 11.1 Å². The summed E-state index contributed by atoms with van der Waals surface area (Å²) in [6, 6.07) is 36.0. The highest BCUT2D eigenvalue weighted by Gasteiger charge is 2.25. The lowest BCUT2D eigenvalue weighted by Crippen LogP contribution is -2.05. The number of aromatic amines is 2. The van der Waals surface area contributed by atoms with Gasteiger partial charge in [0.2, 0.25) is 0 Å². The Morgan fingerprint density at radius 2 is 1.28 bits per heavy atom. The summed E-state index contributed by atoms with van der Waals surface area (Å²) >= 11 is 6.26. The molecule has 2 nitrogen and oxygen atoms in total. The Morgan fingerprint density at radius 3 is 2.00 bits per heavy atom. The van der Waals surface area contributed by atoms with E-state index >= 15 is 0 Å². The smallest absolute Gasteiger partial charge is 0.0497 e. The van der Waals surface area contributed by atoms with Crippen LogP contribution < -0.4 is 0 Å². The molecule has 0 spiro atoms. The molecule has 0 aliphatic rings. The average molecular weight is 433 g/mol. The Bertz CT molecular complexity index is 1490. The van der Waals surface area contributed by atoms with E-state index in [1.54, 1.807) is 0 Å². The van der Waals surface area contributed by atoms with E-state index in [9.17, 15) is 0 Å². The third-order valence-corrected chi connectivity index (χ3v) is 6.44. The van der Waals surface area contributed by atoms with E-state index in [4.69, 9.17) is 11.6 Å². The standard InChI is InChI=1S/C29H21ClN2/c30-21-15-16-22-24(18-31-26(22)17-21)28-23-13-7-8-14-25(23)32-29(28)27(19-9-3-1-4-10-19)20-11-5-2-6-12-20/h1-18,27,31-32H. The molecule has 2 aromatic heterocycles. The number of fused-ring (bicyclic) bond motifs is 2. The lowest BCUT2D eigenvalue weighted by molar-refractivity contribution is 0.941. The molecule has 0 atom stereocenters. The third-order valence-electron chi connectivity index (χ3n) is 6.20. The number of H-pyrrole nitrogens is 2. The van der Waals surface area contributed by atoms with E-state index in [1.807, 2.05) is 12.1 Å². The van der Waals surface area contributed by atoms with Crippen LogP contribution in [0.1, 0.15) is 22.7 Å². The van der Waals surface area contributed by atoms with Crippen molar-refractivity contribution in [2.24, 2.45) is 0 Å². The van der Waals surface area contributed by atoms with Gasteiger partial charge in [-0.2, -0.15) is 0 Å². The van der Waals surface area contributed by atoms with E-state index < -0.39 is 0 Å². The van der Waals surface area contributed by atoms with Crippen molar-refractivity contribution in [1.82, 2.24) is 9.97 Å². The van der Waals surface area contributed by atoms with Gasteiger partial charge < -0.3 is 9.97 Å². The minimum atomic E-state index is 0.0806. The largest absolute Gasteiger partial charge is 0.360 e. The van der Waals surface area contributed by atoms with Crippen molar-refractivity contribution in [2.75, 3.05) is 0 Å². The van der Waals surface area contributed by atoms with Crippen molar-refractivity contribution in [3.05, 3.63) is 131 Å². The SMILES string of the molecule is Clc1ccc2c(-c3c(C(c4ccccc4)c4ccccc4)[nH]c4ccccc34)c[nH]c2c1. The molecule has 2 heterocycles. The first-order chi connectivity index (χ1) is 15.8. The molecule has 0 unspecified atom stereocenters. The minimum absolute atomic E-state index is 0.0806. The summed E-state index contributed by atoms with van der Waals surface area (Å²) in [6.07, 6.45) is 2.10. The molecular formula is C29H21ClN2. The highest BCUT2D eigenvalue weighted by molar-refractivity contribution is 6.31. The van der Waals surface area contributed by atoms with E-state index in [2.05, 4.69) is 107 Å². The van der Waals surface area contributed by atoms with Crippen molar-refractivity contribution >= 4 is 33.4 Å². The van der Waals surface area contributed by atoms with Crippen LogP contribution in [0.3, 0.4) is 0 Å². The zero-order valence-electron chi connectivity index (χ0n) is 17.3. The number of rotatable bonds is 4. The molecule has 0 aliphatic heterocycles. The van der Waals surface area contributed by atoms with Crippen molar-refractivity contribution in [1.29, 1.82) is 0 Å². The zero-order chi connectivity index (χ0) is 21.5. The molecule has 0 saturated carbocycles. The molecule has 0 saturated heterocycles. The number of nitrogens with one attached hydrogen (secondary N) is 2. The monoisotopic (exact) mass is 432 g/mol. The van der Waals surface area contributed by atoms with Gasteiger partial charge in [-0.05, 0) is 29.3 Å². The van der Waals surface area contributed by atoms with Crippen LogP contribution in [0.5, 0.6) is 0 Å². The molecular weight excluding hydrogens is 412 g/mol. The van der Waals surface area contributed by atoms with E-state index in [1.165, 1.54) is 38.7 Å². The summed E-state index contributed by atoms with van der Waals surface area (Å²) < 4.78 is 0. The van der Waals surface area contributed by atoms with Gasteiger partial charge in [0.1, 0.15) is 0 Å². The molecule has 6 aromatic rings. The van der Waals surface area contributed by atoms with E-state index in [0.717, 1.165) is 16.1 Å². The van der Waals surface area contributed by atoms with E-state index in [0.29, 0.717) is 0 Å². The van der Waals surface area contributed by atoms with Gasteiger partial charge in [0.15, 0.2) is 0 Å². The normalized spacial score (nSPS) is 11.6. The van der Waals surface area contributed by atoms with Crippen LogP contribution in [-0.4, -0.2) is 9.97 Å². The summed E-state index contributed by atoms with van der Waals surface area (Å²) in [4.78, 5) is 7.21. The van der Waals surface area contributed by atoms with Crippen molar-refractivity contribution in [3.63, 3.8) is 0 Å². The van der Waals surface area contributed by atoms with Crippen LogP contribution in [0.4, 0.5) is 0 Å². The first kappa shape index (κ1) is 19.0. The topological polar surface area (TPSA) is 31.6 Å². The maximum Gasteiger partial charge on any atom is 0.0497 e. The van der Waals surface area contributed by atoms with Gasteiger partial charge in [0.05, 0.1) is 0 Å². The molecule has 2 N–H and O–H groups in total. The summed E-state index contributed by atoms with van der Waals surface area (Å²) in [6.45, 7) is 0. The van der Waals surface area contributed by atoms with Gasteiger partial charge in [-0.25, -0.2) is 0 Å². The molecule has 3 heteroatoms. The molecule has 32 heavy (non-hydrogen) atoms. The molecule has 0 amide bonds. The number of benzene rings is 4. The van der Waals surface area contributed by atoms with Crippen LogP contribution in [0.2, 0.25) is 5.02 Å². The maximum absolute atomic E-state index is 6.26. The Hall–Kier alpha value is -3.75. The summed E-state index contributed by atoms with van der Waals surface area (Å²) in [7, 11) is 0. The first-order valence-corrected chi connectivity index (χ1v) is 11.1. The fourth-order valence-corrected chi connectivity index (χ4v) is 4.96. The molecule has 0 aliphatic carbocycles. The number of para-hydroxylation sites is 1. The molecule has 0 radical (unpaired) electrons. The second kappa shape index (κ2) is 7.74. The number of hydrogen-bond donors (Lipinski definition) is 2. The van der Waals surface area contributed by atoms with Gasteiger partial charge in [-0.3, -0.25) is 0 Å². The summed E-state index contributed by atoms with van der Waals surface area (Å²) in [5.74, 6) is 0.0806. The van der Waals surface area contributed by atoms with Crippen LogP contribution in [0.25, 0.3) is 32.9 Å². The van der Waals surface area contributed by atoms with Crippen LogP contribution in [0, 0.1) is 0 Å². The zero-order valence-corrected chi connectivity index (χ0v) is 18.1. The second-order valence-corrected chi connectivity index (χ2v) is 8.54. The predicted octanol–water partition coefficient (Wildman–Crippen LogP) is 8.15. The lowest BCUT2D eigenvalue weighted by Gasteiger charge is -2.19. The van der Waals surface area contributed by atoms with Gasteiger partial charge in [0, 0.05) is 55.8 Å². The molecule has 6 rings (SSSR count). The molecule has 0 fully saturated rings. The number of hydrogen-bond acceptors (Lipinski definition) is 0. The van der Waals surface area contributed by atoms with Gasteiger partial charge in [-0.1, -0.05) is 96.5 Å². The predicted molar refractivity (Wildman–Crippen MR) is 134 cm³/mol. The average Bonchev–Trinajstić information content (AvgIpc) is 3.41. The van der Waals surface area contributed by atoms with Crippen molar-refractivity contribution in [2.45, 2.75) is 5.92 Å². The van der Waals surface area contributed by atoms with Crippen LogP contribution >= 0.6 is 11.6 Å². The Labute approximate surface area is 191 Å². The highest BCUT2D eigenvalue weighted by Crippen LogP contribution is 2.43. The second-order valence-electron chi connectivity index (χ2n) is 8.11. The van der Waals surface area contributed by atoms with E-state index in [-0.39, 0.29) is 5.92 Å². The lowest BCUT2D eigenvalue weighted by atomic mass is 9.85. The quantitative estimate of drug-likeness (QED) is 0.281. The van der Waals surface area contributed by atoms with Gasteiger partial charge >= 0.3 is 0 Å². The fraction of sp³-hybridized carbons (Fsp3) is 0.0345. The Kier molecular flexibility index (Phi) is 4.59. The minimum Gasteiger partial charge on any atom is -0.360 e. The highest BCUT2D eigenvalue weighted by atomic mass is 35.5. The van der Waals surface area contributed by atoms with Gasteiger partial charge in [0.25, 0.3) is 0 Å². The maximum atomic E-state index is 6.26. The molecule has 0 bridgehead atoms. The fourth-order valence-electron chi connectivity index (χ4n) is 4.79. The number of halogens is 1. The van der Waals surface area contributed by atoms with Crippen molar-refractivity contribution < 1.29 is 0 Å². The molecule has 154 valence electrons.